The fraction of sp³-hybridized carbons (Fsp3) is 0.444. The van der Waals surface area contributed by atoms with Gasteiger partial charge in [0.05, 0.1) is 23.2 Å². The number of hydrogen-bond acceptors (Lipinski definition) is 5. The van der Waals surface area contributed by atoms with Gasteiger partial charge in [-0.2, -0.15) is 5.26 Å². The first-order valence-corrected chi connectivity index (χ1v) is 10.1. The van der Waals surface area contributed by atoms with Gasteiger partial charge in [0.25, 0.3) is 0 Å². The van der Waals surface area contributed by atoms with Crippen molar-refractivity contribution in [1.29, 1.82) is 5.26 Å². The van der Waals surface area contributed by atoms with Crippen molar-refractivity contribution in [2.24, 2.45) is 0 Å². The van der Waals surface area contributed by atoms with Crippen LogP contribution in [0.5, 0.6) is 0 Å². The van der Waals surface area contributed by atoms with Crippen LogP contribution in [-0.4, -0.2) is 54.8 Å². The van der Waals surface area contributed by atoms with E-state index < -0.39 is 15.6 Å². The van der Waals surface area contributed by atoms with Crippen molar-refractivity contribution in [2.75, 3.05) is 18.8 Å². The minimum absolute atomic E-state index is 0.0318. The fourth-order valence-corrected chi connectivity index (χ4v) is 4.50. The molecule has 0 saturated carbocycles. The van der Waals surface area contributed by atoms with E-state index in [1.165, 1.54) is 6.20 Å². The SMILES string of the molecule is C[C@H]1CN(C(=O)Cn2cc(S(=O)(=O)CC#N)c3ccccc32)C[C@H](C)O1. The number of morpholine rings is 1. The summed E-state index contributed by atoms with van der Waals surface area (Å²) >= 11 is 0. The zero-order valence-corrected chi connectivity index (χ0v) is 15.6. The summed E-state index contributed by atoms with van der Waals surface area (Å²) in [6.45, 7) is 4.92. The smallest absolute Gasteiger partial charge is 0.242 e. The van der Waals surface area contributed by atoms with Gasteiger partial charge in [0, 0.05) is 30.2 Å². The average Bonchev–Trinajstić information content (AvgIpc) is 2.94. The lowest BCUT2D eigenvalue weighted by atomic mass is 10.2. The van der Waals surface area contributed by atoms with Crippen LogP contribution in [0.4, 0.5) is 0 Å². The summed E-state index contributed by atoms with van der Waals surface area (Å²) in [6, 6.07) is 8.70. The summed E-state index contributed by atoms with van der Waals surface area (Å²) in [6.07, 6.45) is 1.40. The number of carbonyl (C=O) groups is 1. The lowest BCUT2D eigenvalue weighted by Gasteiger charge is -2.35. The Morgan fingerprint density at radius 3 is 2.58 bits per heavy atom. The number of sulfone groups is 1. The van der Waals surface area contributed by atoms with E-state index in [0.29, 0.717) is 24.0 Å². The Balaban J connectivity index is 1.94. The van der Waals surface area contributed by atoms with Gasteiger partial charge in [-0.05, 0) is 19.9 Å². The Bertz CT molecular complexity index is 964. The van der Waals surface area contributed by atoms with Gasteiger partial charge < -0.3 is 14.2 Å². The third-order valence-electron chi connectivity index (χ3n) is 4.42. The summed E-state index contributed by atoms with van der Waals surface area (Å²) in [5, 5.41) is 9.33. The summed E-state index contributed by atoms with van der Waals surface area (Å²) in [5.41, 5.74) is 0.659. The molecule has 1 fully saturated rings. The summed E-state index contributed by atoms with van der Waals surface area (Å²) in [5.74, 6) is -0.676. The molecule has 8 heteroatoms. The molecular weight excluding hydrogens is 354 g/mol. The number of amides is 1. The highest BCUT2D eigenvalue weighted by Gasteiger charge is 2.27. The molecular formula is C18H21N3O4S. The molecule has 2 aromatic rings. The van der Waals surface area contributed by atoms with E-state index >= 15 is 0 Å². The van der Waals surface area contributed by atoms with Crippen molar-refractivity contribution in [3.05, 3.63) is 30.5 Å². The molecule has 1 aromatic carbocycles. The third-order valence-corrected chi connectivity index (χ3v) is 5.92. The molecule has 1 amide bonds. The lowest BCUT2D eigenvalue weighted by Crippen LogP contribution is -2.49. The first-order chi connectivity index (χ1) is 12.3. The number of rotatable bonds is 4. The highest BCUT2D eigenvalue weighted by Crippen LogP contribution is 2.26. The van der Waals surface area contributed by atoms with Crippen LogP contribution in [0.3, 0.4) is 0 Å². The Morgan fingerprint density at radius 1 is 1.27 bits per heavy atom. The molecule has 0 radical (unpaired) electrons. The Morgan fingerprint density at radius 2 is 1.92 bits per heavy atom. The first kappa shape index (κ1) is 18.4. The molecule has 2 atom stereocenters. The topological polar surface area (TPSA) is 92.4 Å². The summed E-state index contributed by atoms with van der Waals surface area (Å²) in [4.78, 5) is 14.6. The number of para-hydroxylation sites is 1. The molecule has 0 N–H and O–H groups in total. The molecule has 0 bridgehead atoms. The van der Waals surface area contributed by atoms with E-state index in [-0.39, 0.29) is 29.6 Å². The molecule has 2 heterocycles. The van der Waals surface area contributed by atoms with Crippen LogP contribution in [-0.2, 0) is 25.9 Å². The van der Waals surface area contributed by atoms with Gasteiger partial charge in [0.15, 0.2) is 9.84 Å². The maximum Gasteiger partial charge on any atom is 0.242 e. The second-order valence-electron chi connectivity index (χ2n) is 6.61. The Kier molecular flexibility index (Phi) is 5.03. The standard InChI is InChI=1S/C18H21N3O4S/c1-13-9-21(10-14(2)25-13)18(22)12-20-11-17(26(23,24)8-7-19)15-5-3-4-6-16(15)20/h3-6,11,13-14H,8-10,12H2,1-2H3/t13-,14-/m0/s1. The van der Waals surface area contributed by atoms with E-state index in [4.69, 9.17) is 10.00 Å². The number of ether oxygens (including phenoxy) is 1. The summed E-state index contributed by atoms with van der Waals surface area (Å²) in [7, 11) is -3.72. The number of carbonyl (C=O) groups excluding carboxylic acids is 1. The number of fused-ring (bicyclic) bond motifs is 1. The van der Waals surface area contributed by atoms with Crippen LogP contribution in [0.25, 0.3) is 10.9 Å². The van der Waals surface area contributed by atoms with Gasteiger partial charge in [-0.25, -0.2) is 8.42 Å². The Hall–Kier alpha value is -2.37. The van der Waals surface area contributed by atoms with E-state index in [0.717, 1.165) is 0 Å². The van der Waals surface area contributed by atoms with Gasteiger partial charge in [-0.15, -0.1) is 0 Å². The van der Waals surface area contributed by atoms with Gasteiger partial charge in [0.2, 0.25) is 5.91 Å². The maximum absolute atomic E-state index is 12.7. The van der Waals surface area contributed by atoms with Gasteiger partial charge in [0.1, 0.15) is 12.3 Å². The predicted molar refractivity (Wildman–Crippen MR) is 96.2 cm³/mol. The van der Waals surface area contributed by atoms with Crippen LogP contribution in [0, 0.1) is 11.3 Å². The highest BCUT2D eigenvalue weighted by molar-refractivity contribution is 7.91. The number of nitriles is 1. The average molecular weight is 375 g/mol. The van der Waals surface area contributed by atoms with Crippen LogP contribution in [0.2, 0.25) is 0 Å². The molecule has 1 aliphatic rings. The highest BCUT2D eigenvalue weighted by atomic mass is 32.2. The minimum atomic E-state index is -3.72. The number of benzene rings is 1. The van der Waals surface area contributed by atoms with E-state index in [1.54, 1.807) is 39.8 Å². The Labute approximate surface area is 152 Å². The lowest BCUT2D eigenvalue weighted by molar-refractivity contribution is -0.143. The van der Waals surface area contributed by atoms with Gasteiger partial charge >= 0.3 is 0 Å². The predicted octanol–water partition coefficient (Wildman–Crippen LogP) is 1.57. The molecule has 138 valence electrons. The van der Waals surface area contributed by atoms with Crippen LogP contribution in [0.1, 0.15) is 13.8 Å². The monoisotopic (exact) mass is 375 g/mol. The van der Waals surface area contributed by atoms with E-state index in [9.17, 15) is 13.2 Å². The zero-order valence-electron chi connectivity index (χ0n) is 14.8. The second-order valence-corrected chi connectivity index (χ2v) is 8.57. The quantitative estimate of drug-likeness (QED) is 0.809. The largest absolute Gasteiger partial charge is 0.372 e. The second kappa shape index (κ2) is 7.09. The van der Waals surface area contributed by atoms with Gasteiger partial charge in [-0.3, -0.25) is 4.79 Å². The van der Waals surface area contributed by atoms with Crippen molar-refractivity contribution in [2.45, 2.75) is 37.5 Å². The van der Waals surface area contributed by atoms with Crippen LogP contribution in [0.15, 0.2) is 35.4 Å². The molecule has 0 aliphatic carbocycles. The number of nitrogens with zero attached hydrogens (tertiary/aromatic N) is 3. The van der Waals surface area contributed by atoms with Crippen molar-refractivity contribution < 1.29 is 17.9 Å². The van der Waals surface area contributed by atoms with Crippen molar-refractivity contribution in [3.63, 3.8) is 0 Å². The van der Waals surface area contributed by atoms with Crippen molar-refractivity contribution >= 4 is 26.6 Å². The molecule has 1 saturated heterocycles. The van der Waals surface area contributed by atoms with Gasteiger partial charge in [-0.1, -0.05) is 18.2 Å². The molecule has 0 unspecified atom stereocenters. The third kappa shape index (κ3) is 3.59. The molecule has 1 aliphatic heterocycles. The molecule has 3 rings (SSSR count). The summed E-state index contributed by atoms with van der Waals surface area (Å²) < 4.78 is 32.1. The number of aromatic nitrogens is 1. The van der Waals surface area contributed by atoms with Crippen molar-refractivity contribution in [3.8, 4) is 6.07 Å². The molecule has 1 aromatic heterocycles. The zero-order chi connectivity index (χ0) is 18.9. The molecule has 0 spiro atoms. The van der Waals surface area contributed by atoms with Crippen LogP contribution >= 0.6 is 0 Å². The van der Waals surface area contributed by atoms with E-state index in [2.05, 4.69) is 0 Å². The fourth-order valence-electron chi connectivity index (χ4n) is 3.38. The molecule has 26 heavy (non-hydrogen) atoms. The maximum atomic E-state index is 12.7. The normalized spacial score (nSPS) is 20.9. The molecule has 7 nitrogen and oxygen atoms in total. The first-order valence-electron chi connectivity index (χ1n) is 8.42. The van der Waals surface area contributed by atoms with Crippen molar-refractivity contribution in [1.82, 2.24) is 9.47 Å². The van der Waals surface area contributed by atoms with Crippen LogP contribution < -0.4 is 0 Å². The minimum Gasteiger partial charge on any atom is -0.372 e. The van der Waals surface area contributed by atoms with E-state index in [1.807, 2.05) is 13.8 Å². The number of hydrogen-bond donors (Lipinski definition) is 0.